The summed E-state index contributed by atoms with van der Waals surface area (Å²) < 4.78 is 10.6. The molecule has 0 amide bonds. The number of benzene rings is 1. The largest absolute Gasteiger partial charge is 0.497 e. The number of fused-ring (bicyclic) bond motifs is 1. The van der Waals surface area contributed by atoms with Gasteiger partial charge in [-0.05, 0) is 45.2 Å². The van der Waals surface area contributed by atoms with Gasteiger partial charge in [0.15, 0.2) is 0 Å². The van der Waals surface area contributed by atoms with Crippen molar-refractivity contribution in [1.82, 2.24) is 0 Å². The van der Waals surface area contributed by atoms with Crippen LogP contribution in [0.4, 0.5) is 5.69 Å². The maximum Gasteiger partial charge on any atom is 0.329 e. The van der Waals surface area contributed by atoms with Crippen LogP contribution < -0.4 is 10.1 Å². The smallest absolute Gasteiger partial charge is 0.329 e. The minimum atomic E-state index is -0.451. The van der Waals surface area contributed by atoms with Crippen molar-refractivity contribution < 1.29 is 14.3 Å². The molecule has 1 heterocycles. The summed E-state index contributed by atoms with van der Waals surface area (Å²) in [6.07, 6.45) is 1.63. The maximum atomic E-state index is 12.1. The Hall–Kier alpha value is -1.71. The van der Waals surface area contributed by atoms with Crippen molar-refractivity contribution >= 4 is 11.7 Å². The van der Waals surface area contributed by atoms with Crippen LogP contribution in [-0.4, -0.2) is 24.7 Å². The Morgan fingerprint density at radius 2 is 2.11 bits per heavy atom. The van der Waals surface area contributed by atoms with Crippen molar-refractivity contribution in [3.8, 4) is 5.75 Å². The molecule has 0 bridgehead atoms. The zero-order chi connectivity index (χ0) is 14.0. The molecule has 1 aliphatic rings. The average molecular weight is 263 g/mol. The lowest BCUT2D eigenvalue weighted by molar-refractivity contribution is -0.156. The molecule has 1 N–H and O–H groups in total. The summed E-state index contributed by atoms with van der Waals surface area (Å²) in [6, 6.07) is 5.62. The first-order valence-corrected chi connectivity index (χ1v) is 6.55. The van der Waals surface area contributed by atoms with Crippen LogP contribution >= 0.6 is 0 Å². The number of hydrogen-bond donors (Lipinski definition) is 1. The van der Waals surface area contributed by atoms with Gasteiger partial charge < -0.3 is 14.8 Å². The Morgan fingerprint density at radius 1 is 1.37 bits per heavy atom. The predicted molar refractivity (Wildman–Crippen MR) is 74.6 cm³/mol. The zero-order valence-electron chi connectivity index (χ0n) is 11.9. The molecule has 1 aromatic rings. The van der Waals surface area contributed by atoms with Gasteiger partial charge in [0.25, 0.3) is 0 Å². The molecule has 0 radical (unpaired) electrons. The lowest BCUT2D eigenvalue weighted by Gasteiger charge is -2.29. The summed E-state index contributed by atoms with van der Waals surface area (Å²) in [7, 11) is 1.63. The van der Waals surface area contributed by atoms with Crippen LogP contribution in [0, 0.1) is 0 Å². The lowest BCUT2D eigenvalue weighted by atomic mass is 9.98. The van der Waals surface area contributed by atoms with E-state index < -0.39 is 5.60 Å². The van der Waals surface area contributed by atoms with E-state index in [1.54, 1.807) is 7.11 Å². The maximum absolute atomic E-state index is 12.1. The molecule has 0 saturated carbocycles. The van der Waals surface area contributed by atoms with E-state index in [4.69, 9.17) is 9.47 Å². The van der Waals surface area contributed by atoms with Crippen LogP contribution in [0.1, 0.15) is 32.8 Å². The number of esters is 1. The van der Waals surface area contributed by atoms with Gasteiger partial charge in [-0.3, -0.25) is 0 Å². The molecule has 0 aromatic heterocycles. The van der Waals surface area contributed by atoms with Gasteiger partial charge >= 0.3 is 5.97 Å². The fourth-order valence-corrected chi connectivity index (χ4v) is 2.14. The lowest BCUT2D eigenvalue weighted by Crippen LogP contribution is -2.38. The second-order valence-electron chi connectivity index (χ2n) is 5.79. The monoisotopic (exact) mass is 263 g/mol. The summed E-state index contributed by atoms with van der Waals surface area (Å²) >= 11 is 0. The van der Waals surface area contributed by atoms with Crippen molar-refractivity contribution in [2.75, 3.05) is 12.4 Å². The average Bonchev–Trinajstić information content (AvgIpc) is 2.35. The zero-order valence-corrected chi connectivity index (χ0v) is 11.9. The van der Waals surface area contributed by atoms with Crippen molar-refractivity contribution in [3.63, 3.8) is 0 Å². The third kappa shape index (κ3) is 3.40. The third-order valence-electron chi connectivity index (χ3n) is 3.04. The summed E-state index contributed by atoms with van der Waals surface area (Å²) in [5, 5.41) is 3.24. The minimum Gasteiger partial charge on any atom is -0.497 e. The van der Waals surface area contributed by atoms with Crippen molar-refractivity contribution in [2.45, 2.75) is 45.3 Å². The van der Waals surface area contributed by atoms with Crippen LogP contribution in [0.3, 0.4) is 0 Å². The molecule has 4 nitrogen and oxygen atoms in total. The highest BCUT2D eigenvalue weighted by molar-refractivity contribution is 5.81. The Kier molecular flexibility index (Phi) is 3.69. The molecule has 1 aromatic carbocycles. The van der Waals surface area contributed by atoms with E-state index in [0.29, 0.717) is 0 Å². The van der Waals surface area contributed by atoms with E-state index in [2.05, 4.69) is 5.32 Å². The topological polar surface area (TPSA) is 47.6 Å². The van der Waals surface area contributed by atoms with Crippen LogP contribution in [0.2, 0.25) is 0 Å². The van der Waals surface area contributed by atoms with Gasteiger partial charge in [-0.25, -0.2) is 4.79 Å². The first kappa shape index (κ1) is 13.7. The Labute approximate surface area is 114 Å². The highest BCUT2D eigenvalue weighted by Gasteiger charge is 2.28. The quantitative estimate of drug-likeness (QED) is 0.833. The van der Waals surface area contributed by atoms with Gasteiger partial charge in [0.2, 0.25) is 0 Å². The van der Waals surface area contributed by atoms with Gasteiger partial charge in [0.1, 0.15) is 17.4 Å². The van der Waals surface area contributed by atoms with Crippen LogP contribution in [-0.2, 0) is 16.0 Å². The summed E-state index contributed by atoms with van der Waals surface area (Å²) in [4.78, 5) is 12.1. The van der Waals surface area contributed by atoms with E-state index >= 15 is 0 Å². The number of carbonyl (C=O) groups is 1. The SMILES string of the molecule is COc1ccc2c(c1)NC(C(=O)OC(C)(C)C)CC2. The molecule has 1 atom stereocenters. The molecular formula is C15H21NO3. The van der Waals surface area contributed by atoms with Gasteiger partial charge in [0.05, 0.1) is 7.11 Å². The van der Waals surface area contributed by atoms with E-state index in [1.165, 1.54) is 5.56 Å². The number of methoxy groups -OCH3 is 1. The fraction of sp³-hybridized carbons (Fsp3) is 0.533. The predicted octanol–water partition coefficient (Wildman–Crippen LogP) is 2.76. The van der Waals surface area contributed by atoms with E-state index in [1.807, 2.05) is 39.0 Å². The van der Waals surface area contributed by atoms with E-state index in [-0.39, 0.29) is 12.0 Å². The van der Waals surface area contributed by atoms with Gasteiger partial charge in [-0.2, -0.15) is 0 Å². The molecule has 2 rings (SSSR count). The number of nitrogens with one attached hydrogen (secondary N) is 1. The fourth-order valence-electron chi connectivity index (χ4n) is 2.14. The second kappa shape index (κ2) is 5.11. The molecule has 0 aliphatic carbocycles. The van der Waals surface area contributed by atoms with E-state index in [0.717, 1.165) is 24.3 Å². The van der Waals surface area contributed by atoms with Gasteiger partial charge in [-0.15, -0.1) is 0 Å². The first-order chi connectivity index (χ1) is 8.89. The molecule has 1 unspecified atom stereocenters. The molecule has 1 aliphatic heterocycles. The van der Waals surface area contributed by atoms with Crippen LogP contribution in [0.25, 0.3) is 0 Å². The number of carbonyl (C=O) groups excluding carboxylic acids is 1. The number of ether oxygens (including phenoxy) is 2. The standard InChI is InChI=1S/C15H21NO3/c1-15(2,3)19-14(17)12-8-6-10-5-7-11(18-4)9-13(10)16-12/h5,7,9,12,16H,6,8H2,1-4H3. The second-order valence-corrected chi connectivity index (χ2v) is 5.79. The van der Waals surface area contributed by atoms with Gasteiger partial charge in [0, 0.05) is 11.8 Å². The van der Waals surface area contributed by atoms with Crippen molar-refractivity contribution in [1.29, 1.82) is 0 Å². The minimum absolute atomic E-state index is 0.194. The third-order valence-corrected chi connectivity index (χ3v) is 3.04. The Balaban J connectivity index is 2.10. The molecular weight excluding hydrogens is 242 g/mol. The molecule has 4 heteroatoms. The highest BCUT2D eigenvalue weighted by Crippen LogP contribution is 2.29. The number of anilines is 1. The summed E-state index contributed by atoms with van der Waals surface area (Å²) in [6.45, 7) is 5.64. The number of hydrogen-bond acceptors (Lipinski definition) is 4. The molecule has 104 valence electrons. The number of aryl methyl sites for hydroxylation is 1. The first-order valence-electron chi connectivity index (χ1n) is 6.55. The Morgan fingerprint density at radius 3 is 2.74 bits per heavy atom. The molecule has 0 saturated heterocycles. The van der Waals surface area contributed by atoms with Crippen LogP contribution in [0.15, 0.2) is 18.2 Å². The summed E-state index contributed by atoms with van der Waals surface area (Å²) in [5.74, 6) is 0.594. The van der Waals surface area contributed by atoms with Crippen LogP contribution in [0.5, 0.6) is 5.75 Å². The highest BCUT2D eigenvalue weighted by atomic mass is 16.6. The normalized spacial score (nSPS) is 18.2. The molecule has 0 fully saturated rings. The number of rotatable bonds is 2. The van der Waals surface area contributed by atoms with E-state index in [9.17, 15) is 4.79 Å². The van der Waals surface area contributed by atoms with Crippen molar-refractivity contribution in [2.24, 2.45) is 0 Å². The summed E-state index contributed by atoms with van der Waals surface area (Å²) in [5.41, 5.74) is 1.72. The Bertz CT molecular complexity index is 477. The molecule has 0 spiro atoms. The molecule has 19 heavy (non-hydrogen) atoms. The van der Waals surface area contributed by atoms with Crippen molar-refractivity contribution in [3.05, 3.63) is 23.8 Å². The van der Waals surface area contributed by atoms with Gasteiger partial charge in [-0.1, -0.05) is 6.07 Å².